The first kappa shape index (κ1) is 7.92. The van der Waals surface area contributed by atoms with Gasteiger partial charge < -0.3 is 0 Å². The summed E-state index contributed by atoms with van der Waals surface area (Å²) in [5, 5.41) is 0. The van der Waals surface area contributed by atoms with Crippen molar-refractivity contribution in [3.63, 3.8) is 0 Å². The van der Waals surface area contributed by atoms with Gasteiger partial charge in [0.05, 0.1) is 0 Å². The molecule has 1 aromatic carbocycles. The van der Waals surface area contributed by atoms with Gasteiger partial charge in [0.2, 0.25) is 0 Å². The first-order valence-electron chi connectivity index (χ1n) is 3.32. The third kappa shape index (κ3) is 1.64. The molecule has 0 nitrogen and oxygen atoms in total. The van der Waals surface area contributed by atoms with Gasteiger partial charge in [-0.15, -0.1) is 0 Å². The van der Waals surface area contributed by atoms with Crippen LogP contribution in [0.15, 0.2) is 24.3 Å². The standard InChI is InChI=1S/C9H8F2/c1-2-4-7-5-3-6-8(10)9(7)11/h2-6H,1H3. The molecule has 0 aromatic heterocycles. The van der Waals surface area contributed by atoms with E-state index in [0.717, 1.165) is 6.07 Å². The van der Waals surface area contributed by atoms with Gasteiger partial charge in [0.25, 0.3) is 0 Å². The van der Waals surface area contributed by atoms with Crippen LogP contribution in [0, 0.1) is 11.6 Å². The second-order valence-electron chi connectivity index (χ2n) is 2.14. The van der Waals surface area contributed by atoms with Crippen molar-refractivity contribution in [2.24, 2.45) is 0 Å². The Morgan fingerprint density at radius 3 is 2.64 bits per heavy atom. The molecule has 0 bridgehead atoms. The van der Waals surface area contributed by atoms with Crippen molar-refractivity contribution < 1.29 is 8.78 Å². The average molecular weight is 154 g/mol. The van der Waals surface area contributed by atoms with E-state index in [9.17, 15) is 8.78 Å². The smallest absolute Gasteiger partial charge is 0.166 e. The van der Waals surface area contributed by atoms with Crippen LogP contribution in [0.1, 0.15) is 12.5 Å². The summed E-state index contributed by atoms with van der Waals surface area (Å²) in [5.41, 5.74) is 0.285. The van der Waals surface area contributed by atoms with Crippen molar-refractivity contribution in [1.29, 1.82) is 0 Å². The monoisotopic (exact) mass is 154 g/mol. The van der Waals surface area contributed by atoms with E-state index >= 15 is 0 Å². The van der Waals surface area contributed by atoms with Crippen molar-refractivity contribution in [2.75, 3.05) is 0 Å². The van der Waals surface area contributed by atoms with Crippen LogP contribution in [0.5, 0.6) is 0 Å². The fourth-order valence-electron chi connectivity index (χ4n) is 0.829. The van der Waals surface area contributed by atoms with Crippen molar-refractivity contribution in [3.8, 4) is 0 Å². The number of hydrogen-bond donors (Lipinski definition) is 0. The highest BCUT2D eigenvalue weighted by Gasteiger charge is 2.02. The predicted octanol–water partition coefficient (Wildman–Crippen LogP) is 3.00. The molecule has 0 fully saturated rings. The Bertz CT molecular complexity index is 277. The highest BCUT2D eigenvalue weighted by molar-refractivity contribution is 5.49. The largest absolute Gasteiger partial charge is 0.204 e. The first-order valence-corrected chi connectivity index (χ1v) is 3.32. The SMILES string of the molecule is CC=Cc1cccc(F)c1F. The van der Waals surface area contributed by atoms with E-state index in [0.29, 0.717) is 0 Å². The Labute approximate surface area is 64.2 Å². The summed E-state index contributed by atoms with van der Waals surface area (Å²) in [7, 11) is 0. The van der Waals surface area contributed by atoms with Crippen LogP contribution in [0.4, 0.5) is 8.78 Å². The van der Waals surface area contributed by atoms with Gasteiger partial charge in [0, 0.05) is 5.56 Å². The molecule has 0 radical (unpaired) electrons. The lowest BCUT2D eigenvalue weighted by Gasteiger charge is -1.95. The molecule has 58 valence electrons. The maximum absolute atomic E-state index is 12.8. The summed E-state index contributed by atoms with van der Waals surface area (Å²) in [6.45, 7) is 1.75. The summed E-state index contributed by atoms with van der Waals surface area (Å²) in [4.78, 5) is 0. The number of halogens is 2. The predicted molar refractivity (Wildman–Crippen MR) is 41.1 cm³/mol. The van der Waals surface area contributed by atoms with Crippen LogP contribution >= 0.6 is 0 Å². The molecule has 0 aliphatic rings. The molecular formula is C9H8F2. The van der Waals surface area contributed by atoms with Gasteiger partial charge in [0.15, 0.2) is 11.6 Å². The van der Waals surface area contributed by atoms with Crippen molar-refractivity contribution in [1.82, 2.24) is 0 Å². The normalized spacial score (nSPS) is 10.8. The third-order valence-corrected chi connectivity index (χ3v) is 1.33. The Balaban J connectivity index is 3.16. The molecule has 0 aliphatic carbocycles. The van der Waals surface area contributed by atoms with Gasteiger partial charge in [-0.05, 0) is 13.0 Å². The molecule has 0 spiro atoms. The Morgan fingerprint density at radius 2 is 2.00 bits per heavy atom. The maximum atomic E-state index is 12.8. The topological polar surface area (TPSA) is 0 Å². The summed E-state index contributed by atoms with van der Waals surface area (Å²) in [6, 6.07) is 4.11. The van der Waals surface area contributed by atoms with E-state index in [1.165, 1.54) is 18.2 Å². The zero-order valence-corrected chi connectivity index (χ0v) is 6.14. The molecular weight excluding hydrogens is 146 g/mol. The van der Waals surface area contributed by atoms with Gasteiger partial charge in [0.1, 0.15) is 0 Å². The van der Waals surface area contributed by atoms with Gasteiger partial charge in [-0.25, -0.2) is 8.78 Å². The molecule has 1 aromatic rings. The summed E-state index contributed by atoms with van der Waals surface area (Å²) >= 11 is 0. The fourth-order valence-corrected chi connectivity index (χ4v) is 0.829. The van der Waals surface area contributed by atoms with Gasteiger partial charge in [-0.3, -0.25) is 0 Å². The minimum absolute atomic E-state index is 0.285. The van der Waals surface area contributed by atoms with E-state index in [1.54, 1.807) is 13.0 Å². The lowest BCUT2D eigenvalue weighted by Crippen LogP contribution is -1.86. The molecule has 0 aliphatic heterocycles. The summed E-state index contributed by atoms with van der Waals surface area (Å²) in [6.07, 6.45) is 3.19. The molecule has 0 saturated heterocycles. The van der Waals surface area contributed by atoms with Crippen LogP contribution in [-0.2, 0) is 0 Å². The number of allylic oxidation sites excluding steroid dienone is 1. The van der Waals surface area contributed by atoms with Gasteiger partial charge >= 0.3 is 0 Å². The second kappa shape index (κ2) is 3.28. The average Bonchev–Trinajstić information content (AvgIpc) is 1.99. The third-order valence-electron chi connectivity index (χ3n) is 1.33. The fraction of sp³-hybridized carbons (Fsp3) is 0.111. The minimum atomic E-state index is -0.805. The van der Waals surface area contributed by atoms with Crippen molar-refractivity contribution in [2.45, 2.75) is 6.92 Å². The number of rotatable bonds is 1. The van der Waals surface area contributed by atoms with Crippen LogP contribution in [0.3, 0.4) is 0 Å². The molecule has 0 N–H and O–H groups in total. The van der Waals surface area contributed by atoms with Crippen molar-refractivity contribution >= 4 is 6.08 Å². The zero-order chi connectivity index (χ0) is 8.27. The van der Waals surface area contributed by atoms with E-state index in [4.69, 9.17) is 0 Å². The summed E-state index contributed by atoms with van der Waals surface area (Å²) < 4.78 is 25.3. The van der Waals surface area contributed by atoms with Crippen molar-refractivity contribution in [3.05, 3.63) is 41.5 Å². The lowest BCUT2D eigenvalue weighted by molar-refractivity contribution is 0.507. The molecule has 0 unspecified atom stereocenters. The number of benzene rings is 1. The van der Waals surface area contributed by atoms with Crippen LogP contribution in [0.25, 0.3) is 6.08 Å². The van der Waals surface area contributed by atoms with Crippen LogP contribution in [-0.4, -0.2) is 0 Å². The Morgan fingerprint density at radius 1 is 1.27 bits per heavy atom. The highest BCUT2D eigenvalue weighted by Crippen LogP contribution is 2.12. The summed E-state index contributed by atoms with van der Waals surface area (Å²) in [5.74, 6) is -1.59. The molecule has 11 heavy (non-hydrogen) atoms. The number of hydrogen-bond acceptors (Lipinski definition) is 0. The molecule has 0 saturated carbocycles. The molecule has 0 atom stereocenters. The Kier molecular flexibility index (Phi) is 2.36. The van der Waals surface area contributed by atoms with E-state index in [-0.39, 0.29) is 5.56 Å². The van der Waals surface area contributed by atoms with E-state index in [1.807, 2.05) is 0 Å². The van der Waals surface area contributed by atoms with Gasteiger partial charge in [-0.2, -0.15) is 0 Å². The van der Waals surface area contributed by atoms with E-state index < -0.39 is 11.6 Å². The molecule has 2 heteroatoms. The lowest BCUT2D eigenvalue weighted by atomic mass is 10.2. The molecule has 0 heterocycles. The van der Waals surface area contributed by atoms with Gasteiger partial charge in [-0.1, -0.05) is 24.3 Å². The highest BCUT2D eigenvalue weighted by atomic mass is 19.2. The molecule has 1 rings (SSSR count). The van der Waals surface area contributed by atoms with E-state index in [2.05, 4.69) is 0 Å². The first-order chi connectivity index (χ1) is 5.25. The van der Waals surface area contributed by atoms with Crippen LogP contribution in [0.2, 0.25) is 0 Å². The Hall–Kier alpha value is -1.18. The minimum Gasteiger partial charge on any atom is -0.204 e. The quantitative estimate of drug-likeness (QED) is 0.583. The van der Waals surface area contributed by atoms with Crippen LogP contribution < -0.4 is 0 Å². The molecule has 0 amide bonds. The second-order valence-corrected chi connectivity index (χ2v) is 2.14. The maximum Gasteiger partial charge on any atom is 0.166 e. The zero-order valence-electron chi connectivity index (χ0n) is 6.14.